The Balaban J connectivity index is 1.84. The Labute approximate surface area is 179 Å². The summed E-state index contributed by atoms with van der Waals surface area (Å²) in [4.78, 5) is 18.4. The van der Waals surface area contributed by atoms with Crippen LogP contribution >= 0.6 is 11.6 Å². The van der Waals surface area contributed by atoms with Crippen LogP contribution in [0.25, 0.3) is 11.1 Å². The fraction of sp³-hybridized carbons (Fsp3) is 0.550. The molecule has 1 saturated heterocycles. The summed E-state index contributed by atoms with van der Waals surface area (Å²) in [6, 6.07) is 1.56. The van der Waals surface area contributed by atoms with Crippen molar-refractivity contribution in [3.63, 3.8) is 0 Å². The van der Waals surface area contributed by atoms with E-state index in [9.17, 15) is 13.6 Å². The Morgan fingerprint density at radius 1 is 1.37 bits per heavy atom. The first-order valence-electron chi connectivity index (χ1n) is 9.76. The molecule has 0 aromatic carbocycles. The van der Waals surface area contributed by atoms with Crippen LogP contribution in [0.1, 0.15) is 40.7 Å². The molecular formula is C20H26ClF2N5O2. The molecule has 0 aliphatic carbocycles. The highest BCUT2D eigenvalue weighted by molar-refractivity contribution is 6.29. The number of halogens is 3. The Morgan fingerprint density at radius 3 is 2.73 bits per heavy atom. The Bertz CT molecular complexity index is 900. The molecule has 0 spiro atoms. The van der Waals surface area contributed by atoms with Crippen molar-refractivity contribution in [2.45, 2.75) is 52.3 Å². The first-order chi connectivity index (χ1) is 14.0. The molecule has 1 aliphatic rings. The molecule has 0 radical (unpaired) electrons. The van der Waals surface area contributed by atoms with Gasteiger partial charge in [0.2, 0.25) is 0 Å². The molecule has 1 fully saturated rings. The fourth-order valence-electron chi connectivity index (χ4n) is 3.42. The molecule has 1 amide bonds. The van der Waals surface area contributed by atoms with E-state index in [0.29, 0.717) is 27.5 Å². The van der Waals surface area contributed by atoms with E-state index in [1.165, 1.54) is 12.4 Å². The quantitative estimate of drug-likeness (QED) is 0.694. The number of amides is 1. The number of pyridine rings is 1. The minimum Gasteiger partial charge on any atom is -0.444 e. The van der Waals surface area contributed by atoms with Crippen LogP contribution in [0.15, 0.2) is 24.7 Å². The number of nitrogens with one attached hydrogen (secondary N) is 1. The summed E-state index contributed by atoms with van der Waals surface area (Å²) in [7, 11) is 0. The van der Waals surface area contributed by atoms with Gasteiger partial charge >= 0.3 is 12.6 Å². The van der Waals surface area contributed by atoms with Gasteiger partial charge in [-0.1, -0.05) is 18.5 Å². The van der Waals surface area contributed by atoms with Crippen molar-refractivity contribution in [2.24, 2.45) is 5.92 Å². The van der Waals surface area contributed by atoms with Gasteiger partial charge in [-0.05, 0) is 39.2 Å². The molecular weight excluding hydrogens is 416 g/mol. The smallest absolute Gasteiger partial charge is 0.407 e. The van der Waals surface area contributed by atoms with Crippen molar-refractivity contribution in [2.75, 3.05) is 18.0 Å². The number of hydrogen-bond donors (Lipinski definition) is 1. The number of carbonyl (C=O) groups excluding carboxylic acids is 1. The van der Waals surface area contributed by atoms with Crippen LogP contribution in [0.5, 0.6) is 0 Å². The summed E-state index contributed by atoms with van der Waals surface area (Å²) in [5.41, 5.74) is 1.34. The zero-order valence-corrected chi connectivity index (χ0v) is 18.2. The van der Waals surface area contributed by atoms with E-state index in [1.54, 1.807) is 12.3 Å². The predicted octanol–water partition coefficient (Wildman–Crippen LogP) is 4.73. The molecule has 2 aromatic heterocycles. The van der Waals surface area contributed by atoms with Gasteiger partial charge in [0.1, 0.15) is 10.8 Å². The van der Waals surface area contributed by atoms with Gasteiger partial charge < -0.3 is 15.0 Å². The highest BCUT2D eigenvalue weighted by atomic mass is 35.5. The zero-order chi connectivity index (χ0) is 22.1. The Hall–Kier alpha value is -2.42. The molecule has 164 valence electrons. The second-order valence-electron chi connectivity index (χ2n) is 8.48. The maximum atomic E-state index is 12.9. The van der Waals surface area contributed by atoms with Gasteiger partial charge in [-0.3, -0.25) is 0 Å². The van der Waals surface area contributed by atoms with Gasteiger partial charge in [0, 0.05) is 42.3 Å². The maximum absolute atomic E-state index is 12.9. The van der Waals surface area contributed by atoms with Gasteiger partial charge in [-0.25, -0.2) is 14.5 Å². The molecule has 0 saturated carbocycles. The third-order valence-electron chi connectivity index (χ3n) is 4.96. The lowest BCUT2D eigenvalue weighted by molar-refractivity contribution is 0.0483. The minimum absolute atomic E-state index is 0.142. The van der Waals surface area contributed by atoms with E-state index in [1.807, 2.05) is 20.8 Å². The van der Waals surface area contributed by atoms with Crippen LogP contribution < -0.4 is 10.2 Å². The normalized spacial score (nSPS) is 19.8. The number of alkyl halides is 2. The van der Waals surface area contributed by atoms with Gasteiger partial charge in [0.05, 0.1) is 12.2 Å². The predicted molar refractivity (Wildman–Crippen MR) is 111 cm³/mol. The molecule has 2 atom stereocenters. The molecule has 1 aliphatic heterocycles. The van der Waals surface area contributed by atoms with E-state index >= 15 is 0 Å². The maximum Gasteiger partial charge on any atom is 0.407 e. The number of rotatable bonds is 4. The van der Waals surface area contributed by atoms with E-state index in [2.05, 4.69) is 27.2 Å². The van der Waals surface area contributed by atoms with E-state index < -0.39 is 18.2 Å². The monoisotopic (exact) mass is 441 g/mol. The van der Waals surface area contributed by atoms with Crippen molar-refractivity contribution in [3.05, 3.63) is 29.8 Å². The summed E-state index contributed by atoms with van der Waals surface area (Å²) >= 11 is 6.13. The lowest BCUT2D eigenvalue weighted by Crippen LogP contribution is -2.53. The molecule has 3 heterocycles. The van der Waals surface area contributed by atoms with Crippen LogP contribution in [0.2, 0.25) is 5.15 Å². The molecule has 30 heavy (non-hydrogen) atoms. The molecule has 3 rings (SSSR count). The van der Waals surface area contributed by atoms with Crippen molar-refractivity contribution in [3.8, 4) is 11.1 Å². The Kier molecular flexibility index (Phi) is 6.50. The number of carbonyl (C=O) groups is 1. The third kappa shape index (κ3) is 5.38. The standard InChI is InChI=1S/C20H26ClF2N5O2/c1-12-5-6-27(11-15(12)26-19(29)30-20(2,3)4)16-7-17(21)24-9-14(16)13-8-25-28(10-13)18(22)23/h7-10,12,15,18H,5-6,11H2,1-4H3,(H,26,29)/t12-,15-/m1/s1. The fourth-order valence-corrected chi connectivity index (χ4v) is 3.58. The summed E-state index contributed by atoms with van der Waals surface area (Å²) in [5, 5.41) is 6.96. The highest BCUT2D eigenvalue weighted by Crippen LogP contribution is 2.35. The zero-order valence-electron chi connectivity index (χ0n) is 17.4. The summed E-state index contributed by atoms with van der Waals surface area (Å²) in [6.07, 6.45) is 4.58. The molecule has 0 unspecified atom stereocenters. The Morgan fingerprint density at radius 2 is 2.10 bits per heavy atom. The summed E-state index contributed by atoms with van der Waals surface area (Å²) in [5.74, 6) is 0.246. The lowest BCUT2D eigenvalue weighted by Gasteiger charge is -2.39. The van der Waals surface area contributed by atoms with E-state index in [0.717, 1.165) is 18.7 Å². The average Bonchev–Trinajstić information content (AvgIpc) is 3.12. The van der Waals surface area contributed by atoms with Crippen LogP contribution in [0.4, 0.5) is 19.3 Å². The first-order valence-corrected chi connectivity index (χ1v) is 10.1. The SMILES string of the molecule is C[C@@H]1CCN(c2cc(Cl)ncc2-c2cnn(C(F)F)c2)C[C@H]1NC(=O)OC(C)(C)C. The number of anilines is 1. The number of nitrogens with zero attached hydrogens (tertiary/aromatic N) is 4. The number of aromatic nitrogens is 3. The van der Waals surface area contributed by atoms with Crippen molar-refractivity contribution < 1.29 is 18.3 Å². The second kappa shape index (κ2) is 8.75. The van der Waals surface area contributed by atoms with Crippen LogP contribution in [0, 0.1) is 5.92 Å². The topological polar surface area (TPSA) is 72.3 Å². The molecule has 7 nitrogen and oxygen atoms in total. The van der Waals surface area contributed by atoms with Crippen LogP contribution in [-0.4, -0.2) is 45.6 Å². The van der Waals surface area contributed by atoms with Crippen LogP contribution in [0.3, 0.4) is 0 Å². The molecule has 0 bridgehead atoms. The number of ether oxygens (including phenoxy) is 1. The largest absolute Gasteiger partial charge is 0.444 e. The summed E-state index contributed by atoms with van der Waals surface area (Å²) < 4.78 is 31.9. The van der Waals surface area contributed by atoms with Crippen molar-refractivity contribution in [1.82, 2.24) is 20.1 Å². The third-order valence-corrected chi connectivity index (χ3v) is 5.17. The van der Waals surface area contributed by atoms with Gasteiger partial charge in [-0.2, -0.15) is 13.9 Å². The van der Waals surface area contributed by atoms with Gasteiger partial charge in [0.25, 0.3) is 0 Å². The minimum atomic E-state index is -2.72. The first kappa shape index (κ1) is 22.3. The van der Waals surface area contributed by atoms with E-state index in [-0.39, 0.29) is 12.0 Å². The van der Waals surface area contributed by atoms with Gasteiger partial charge in [0.15, 0.2) is 0 Å². The average molecular weight is 442 g/mol. The van der Waals surface area contributed by atoms with Crippen molar-refractivity contribution >= 4 is 23.4 Å². The molecule has 1 N–H and O–H groups in total. The highest BCUT2D eigenvalue weighted by Gasteiger charge is 2.30. The number of hydrogen-bond acceptors (Lipinski definition) is 5. The number of piperidine rings is 1. The molecule has 10 heteroatoms. The number of alkyl carbamates (subject to hydrolysis) is 1. The summed E-state index contributed by atoms with van der Waals surface area (Å²) in [6.45, 7) is 6.05. The lowest BCUT2D eigenvalue weighted by atomic mass is 9.92. The van der Waals surface area contributed by atoms with E-state index in [4.69, 9.17) is 16.3 Å². The van der Waals surface area contributed by atoms with Crippen molar-refractivity contribution in [1.29, 1.82) is 0 Å². The van der Waals surface area contributed by atoms with Gasteiger partial charge in [-0.15, -0.1) is 0 Å². The second-order valence-corrected chi connectivity index (χ2v) is 8.86. The van der Waals surface area contributed by atoms with Crippen LogP contribution in [-0.2, 0) is 4.74 Å². The molecule has 2 aromatic rings.